The molecule has 8 nitrogen and oxygen atoms in total. The molecular formula is C11H11ClN2O6. The largest absolute Gasteiger partial charge is 0.479 e. The van der Waals surface area contributed by atoms with Crippen molar-refractivity contribution in [2.24, 2.45) is 0 Å². The summed E-state index contributed by atoms with van der Waals surface area (Å²) in [6.45, 7) is -0.106. The molecule has 0 radical (unpaired) electrons. The number of carbonyl (C=O) groups excluding carboxylic acids is 1. The highest BCUT2D eigenvalue weighted by atomic mass is 35.5. The van der Waals surface area contributed by atoms with E-state index in [9.17, 15) is 19.7 Å². The fraction of sp³-hybridized carbons (Fsp3) is 0.273. The monoisotopic (exact) mass is 302 g/mol. The molecule has 1 aromatic rings. The number of nitro groups is 1. The topological polar surface area (TPSA) is 130 Å². The number of aliphatic hydroxyl groups excluding tert-OH is 1. The van der Waals surface area contributed by atoms with Gasteiger partial charge in [-0.2, -0.15) is 0 Å². The van der Waals surface area contributed by atoms with E-state index >= 15 is 0 Å². The molecule has 0 spiro atoms. The number of benzene rings is 1. The number of halogens is 1. The average molecular weight is 303 g/mol. The van der Waals surface area contributed by atoms with Crippen LogP contribution in [-0.4, -0.2) is 39.7 Å². The second-order valence-electron chi connectivity index (χ2n) is 3.79. The van der Waals surface area contributed by atoms with Crippen LogP contribution in [0.4, 0.5) is 5.69 Å². The molecule has 3 N–H and O–H groups in total. The van der Waals surface area contributed by atoms with Gasteiger partial charge in [-0.05, 0) is 6.07 Å². The Balaban J connectivity index is 2.71. The van der Waals surface area contributed by atoms with Crippen molar-refractivity contribution in [1.29, 1.82) is 0 Å². The third-order valence-corrected chi connectivity index (χ3v) is 2.81. The van der Waals surface area contributed by atoms with Gasteiger partial charge in [-0.25, -0.2) is 4.79 Å². The van der Waals surface area contributed by atoms with Crippen LogP contribution < -0.4 is 5.32 Å². The molecule has 1 rings (SSSR count). The lowest BCUT2D eigenvalue weighted by atomic mass is 10.2. The SMILES string of the molecule is O=C(NCC[C@H](O)C(=O)O)c1cccc([N+](=O)[O-])c1Cl. The molecule has 0 saturated carbocycles. The number of nitro benzene ring substituents is 1. The van der Waals surface area contributed by atoms with Gasteiger partial charge >= 0.3 is 5.97 Å². The predicted octanol–water partition coefficient (Wildman–Crippen LogP) is 0.814. The number of aliphatic carboxylic acids is 1. The summed E-state index contributed by atoms with van der Waals surface area (Å²) in [6, 6.07) is 3.77. The summed E-state index contributed by atoms with van der Waals surface area (Å²) >= 11 is 5.74. The highest BCUT2D eigenvalue weighted by molar-refractivity contribution is 6.35. The lowest BCUT2D eigenvalue weighted by Crippen LogP contribution is -2.30. The molecule has 0 aliphatic rings. The molecule has 0 fully saturated rings. The Morgan fingerprint density at radius 3 is 2.65 bits per heavy atom. The number of carboxylic acids is 1. The number of nitrogens with zero attached hydrogens (tertiary/aromatic N) is 1. The number of carboxylic acid groups (broad SMARTS) is 1. The molecule has 108 valence electrons. The number of hydrogen-bond acceptors (Lipinski definition) is 5. The molecule has 0 aliphatic heterocycles. The van der Waals surface area contributed by atoms with Gasteiger partial charge in [0.15, 0.2) is 6.10 Å². The molecule has 1 amide bonds. The highest BCUT2D eigenvalue weighted by Crippen LogP contribution is 2.27. The smallest absolute Gasteiger partial charge is 0.332 e. The van der Waals surface area contributed by atoms with E-state index < -0.39 is 28.6 Å². The van der Waals surface area contributed by atoms with E-state index in [0.717, 1.165) is 6.07 Å². The molecule has 1 atom stereocenters. The van der Waals surface area contributed by atoms with Crippen LogP contribution in [0.5, 0.6) is 0 Å². The molecule has 0 aromatic heterocycles. The molecule has 0 bridgehead atoms. The van der Waals surface area contributed by atoms with Crippen molar-refractivity contribution in [2.75, 3.05) is 6.54 Å². The van der Waals surface area contributed by atoms with Crippen LogP contribution in [0.25, 0.3) is 0 Å². The maximum atomic E-state index is 11.7. The van der Waals surface area contributed by atoms with Crippen LogP contribution in [0.3, 0.4) is 0 Å². The third kappa shape index (κ3) is 3.90. The summed E-state index contributed by atoms with van der Waals surface area (Å²) in [6.07, 6.45) is -1.77. The fourth-order valence-electron chi connectivity index (χ4n) is 1.38. The second-order valence-corrected chi connectivity index (χ2v) is 4.17. The summed E-state index contributed by atoms with van der Waals surface area (Å²) in [5, 5.41) is 30.2. The normalized spacial score (nSPS) is 11.7. The van der Waals surface area contributed by atoms with Gasteiger partial charge in [-0.3, -0.25) is 14.9 Å². The van der Waals surface area contributed by atoms with E-state index in [1.54, 1.807) is 0 Å². The summed E-state index contributed by atoms with van der Waals surface area (Å²) in [7, 11) is 0. The Morgan fingerprint density at radius 1 is 1.45 bits per heavy atom. The standard InChI is InChI=1S/C11H11ClN2O6/c12-9-6(2-1-3-7(9)14(19)20)10(16)13-5-4-8(15)11(17)18/h1-3,8,15H,4-5H2,(H,13,16)(H,17,18)/t8-/m0/s1. The van der Waals surface area contributed by atoms with Gasteiger partial charge in [0.05, 0.1) is 10.5 Å². The van der Waals surface area contributed by atoms with Gasteiger partial charge < -0.3 is 15.5 Å². The summed E-state index contributed by atoms with van der Waals surface area (Å²) in [5.41, 5.74) is -0.490. The van der Waals surface area contributed by atoms with Crippen LogP contribution in [0.1, 0.15) is 16.8 Å². The molecule has 1 aromatic carbocycles. The average Bonchev–Trinajstić information content (AvgIpc) is 2.38. The predicted molar refractivity (Wildman–Crippen MR) is 68.7 cm³/mol. The van der Waals surface area contributed by atoms with Gasteiger partial charge in [-0.1, -0.05) is 17.7 Å². The van der Waals surface area contributed by atoms with Crippen molar-refractivity contribution in [3.8, 4) is 0 Å². The Bertz CT molecular complexity index is 548. The minimum absolute atomic E-state index is 0.0920. The third-order valence-electron chi connectivity index (χ3n) is 2.41. The number of nitrogens with one attached hydrogen (secondary N) is 1. The number of amides is 1. The van der Waals surface area contributed by atoms with Crippen molar-refractivity contribution in [3.63, 3.8) is 0 Å². The van der Waals surface area contributed by atoms with E-state index in [1.807, 2.05) is 0 Å². The fourth-order valence-corrected chi connectivity index (χ4v) is 1.66. The van der Waals surface area contributed by atoms with Crippen LogP contribution in [0, 0.1) is 10.1 Å². The van der Waals surface area contributed by atoms with E-state index in [-0.39, 0.29) is 23.6 Å². The first-order valence-electron chi connectivity index (χ1n) is 5.46. The number of rotatable bonds is 6. The van der Waals surface area contributed by atoms with Crippen LogP contribution >= 0.6 is 11.6 Å². The number of aliphatic hydroxyl groups is 1. The molecule has 0 aliphatic carbocycles. The summed E-state index contributed by atoms with van der Waals surface area (Å²) < 4.78 is 0. The highest BCUT2D eigenvalue weighted by Gasteiger charge is 2.20. The zero-order valence-electron chi connectivity index (χ0n) is 10.1. The van der Waals surface area contributed by atoms with Gasteiger partial charge in [0.2, 0.25) is 0 Å². The van der Waals surface area contributed by atoms with E-state index in [0.29, 0.717) is 0 Å². The zero-order valence-corrected chi connectivity index (χ0v) is 10.8. The summed E-state index contributed by atoms with van der Waals surface area (Å²) in [4.78, 5) is 32.1. The second kappa shape index (κ2) is 6.83. The number of carbonyl (C=O) groups is 2. The van der Waals surface area contributed by atoms with E-state index in [2.05, 4.69) is 5.32 Å². The Kier molecular flexibility index (Phi) is 5.42. The molecular weight excluding hydrogens is 292 g/mol. The first-order chi connectivity index (χ1) is 9.34. The molecule has 0 unspecified atom stereocenters. The summed E-state index contributed by atoms with van der Waals surface area (Å²) in [5.74, 6) is -2.08. The van der Waals surface area contributed by atoms with Crippen LogP contribution in [0.2, 0.25) is 5.02 Å². The number of hydrogen-bond donors (Lipinski definition) is 3. The minimum atomic E-state index is -1.59. The quantitative estimate of drug-likeness (QED) is 0.526. The molecule has 0 saturated heterocycles. The van der Waals surface area contributed by atoms with Crippen molar-refractivity contribution < 1.29 is 24.7 Å². The molecule has 20 heavy (non-hydrogen) atoms. The molecule has 9 heteroatoms. The maximum absolute atomic E-state index is 11.7. The minimum Gasteiger partial charge on any atom is -0.479 e. The lowest BCUT2D eigenvalue weighted by Gasteiger charge is -2.08. The molecule has 0 heterocycles. The maximum Gasteiger partial charge on any atom is 0.332 e. The van der Waals surface area contributed by atoms with Crippen molar-refractivity contribution in [1.82, 2.24) is 5.32 Å². The van der Waals surface area contributed by atoms with Gasteiger partial charge in [0, 0.05) is 19.0 Å². The van der Waals surface area contributed by atoms with Gasteiger partial charge in [0.25, 0.3) is 11.6 Å². The van der Waals surface area contributed by atoms with E-state index in [4.69, 9.17) is 21.8 Å². The van der Waals surface area contributed by atoms with Crippen LogP contribution in [0.15, 0.2) is 18.2 Å². The van der Waals surface area contributed by atoms with E-state index in [1.165, 1.54) is 12.1 Å². The van der Waals surface area contributed by atoms with Crippen molar-refractivity contribution in [3.05, 3.63) is 38.9 Å². The van der Waals surface area contributed by atoms with Crippen molar-refractivity contribution in [2.45, 2.75) is 12.5 Å². The first-order valence-corrected chi connectivity index (χ1v) is 5.84. The Morgan fingerprint density at radius 2 is 2.10 bits per heavy atom. The van der Waals surface area contributed by atoms with Crippen LogP contribution in [-0.2, 0) is 4.79 Å². The van der Waals surface area contributed by atoms with Gasteiger partial charge in [-0.15, -0.1) is 0 Å². The Hall–Kier alpha value is -2.19. The zero-order chi connectivity index (χ0) is 15.3. The Labute approximate surface area is 118 Å². The van der Waals surface area contributed by atoms with Crippen molar-refractivity contribution >= 4 is 29.2 Å². The first kappa shape index (κ1) is 15.9. The van der Waals surface area contributed by atoms with Gasteiger partial charge in [0.1, 0.15) is 5.02 Å². The lowest BCUT2D eigenvalue weighted by molar-refractivity contribution is -0.384.